The molecule has 0 aliphatic rings. The van der Waals surface area contributed by atoms with E-state index in [4.69, 9.17) is 5.73 Å². The number of rotatable bonds is 3. The van der Waals surface area contributed by atoms with E-state index in [1.807, 2.05) is 0 Å². The summed E-state index contributed by atoms with van der Waals surface area (Å²) in [7, 11) is 0. The van der Waals surface area contributed by atoms with Gasteiger partial charge in [0.15, 0.2) is 0 Å². The highest BCUT2D eigenvalue weighted by Crippen LogP contribution is 1.80. The molecule has 0 spiro atoms. The van der Waals surface area contributed by atoms with E-state index in [1.54, 1.807) is 23.0 Å². The first-order valence-electron chi connectivity index (χ1n) is 2.04. The topological polar surface area (TPSA) is 64.4 Å². The quantitative estimate of drug-likeness (QED) is 0.530. The van der Waals surface area contributed by atoms with Crippen LogP contribution in [-0.2, 0) is 3.07 Å². The fourth-order valence-electron chi connectivity index (χ4n) is 0.213. The zero-order chi connectivity index (χ0) is 6.41. The number of amides is 2. The van der Waals surface area contributed by atoms with E-state index >= 15 is 0 Å². The summed E-state index contributed by atoms with van der Waals surface area (Å²) in [4.78, 5) is 9.93. The van der Waals surface area contributed by atoms with Gasteiger partial charge in [-0.1, -0.05) is 0 Å². The van der Waals surface area contributed by atoms with Gasteiger partial charge in [0.25, 0.3) is 0 Å². The Hall–Kier alpha value is -0.0400. The zero-order valence-electron chi connectivity index (χ0n) is 4.19. The van der Waals surface area contributed by atoms with E-state index in [0.29, 0.717) is 13.2 Å². The highest BCUT2D eigenvalue weighted by molar-refractivity contribution is 14.1. The first-order chi connectivity index (χ1) is 3.77. The largest absolute Gasteiger partial charge is 0.352 e. The maximum absolute atomic E-state index is 9.93. The number of nitrogens with two attached hydrogens (primary N) is 1. The van der Waals surface area contributed by atoms with Crippen LogP contribution in [0.15, 0.2) is 0 Å². The second-order valence-electron chi connectivity index (χ2n) is 1.10. The zero-order valence-corrected chi connectivity index (χ0v) is 6.34. The molecular formula is C3H7IN2O2. The van der Waals surface area contributed by atoms with Crippen molar-refractivity contribution in [2.24, 2.45) is 5.73 Å². The number of halogens is 1. The first kappa shape index (κ1) is 7.96. The lowest BCUT2D eigenvalue weighted by atomic mass is 10.7. The van der Waals surface area contributed by atoms with Gasteiger partial charge in [-0.3, -0.25) is 0 Å². The molecular weight excluding hydrogens is 223 g/mol. The molecule has 4 nitrogen and oxygen atoms in total. The number of hydrogen-bond acceptors (Lipinski definition) is 2. The Balaban J connectivity index is 2.82. The average molecular weight is 230 g/mol. The minimum Gasteiger partial charge on any atom is -0.352 e. The van der Waals surface area contributed by atoms with Crippen molar-refractivity contribution >= 4 is 29.0 Å². The molecule has 0 aromatic carbocycles. The van der Waals surface area contributed by atoms with E-state index in [1.165, 1.54) is 0 Å². The van der Waals surface area contributed by atoms with Crippen LogP contribution < -0.4 is 11.1 Å². The summed E-state index contributed by atoms with van der Waals surface area (Å²) in [6, 6.07) is -0.515. The molecule has 0 saturated carbocycles. The second-order valence-corrected chi connectivity index (χ2v) is 1.73. The second kappa shape index (κ2) is 5.10. The van der Waals surface area contributed by atoms with Gasteiger partial charge in [-0.05, 0) is 0 Å². The van der Waals surface area contributed by atoms with Crippen LogP contribution in [0.5, 0.6) is 0 Å². The molecule has 0 rings (SSSR count). The number of urea groups is 1. The van der Waals surface area contributed by atoms with Crippen molar-refractivity contribution in [2.75, 3.05) is 13.2 Å². The number of carbonyl (C=O) groups excluding carboxylic acids is 1. The van der Waals surface area contributed by atoms with Gasteiger partial charge in [0.1, 0.15) is 23.0 Å². The van der Waals surface area contributed by atoms with Crippen molar-refractivity contribution in [3.8, 4) is 0 Å². The molecule has 0 heterocycles. The average Bonchev–Trinajstić information content (AvgIpc) is 1.66. The number of primary amides is 1. The number of hydrogen-bond donors (Lipinski definition) is 2. The van der Waals surface area contributed by atoms with E-state index < -0.39 is 6.03 Å². The minimum atomic E-state index is -0.515. The summed E-state index contributed by atoms with van der Waals surface area (Å²) < 4.78 is 4.59. The molecule has 0 radical (unpaired) electrons. The minimum absolute atomic E-state index is 0.471. The van der Waals surface area contributed by atoms with Crippen LogP contribution in [0, 0.1) is 0 Å². The van der Waals surface area contributed by atoms with Crippen LogP contribution in [0.3, 0.4) is 0 Å². The molecule has 0 unspecified atom stereocenters. The van der Waals surface area contributed by atoms with Crippen molar-refractivity contribution in [2.45, 2.75) is 0 Å². The van der Waals surface area contributed by atoms with Gasteiger partial charge in [-0.2, -0.15) is 0 Å². The lowest BCUT2D eigenvalue weighted by Crippen LogP contribution is -2.31. The van der Waals surface area contributed by atoms with Crippen LogP contribution in [-0.4, -0.2) is 19.2 Å². The van der Waals surface area contributed by atoms with E-state index in [2.05, 4.69) is 8.38 Å². The molecule has 0 aromatic heterocycles. The van der Waals surface area contributed by atoms with Gasteiger partial charge in [-0.15, -0.1) is 0 Å². The predicted octanol–water partition coefficient (Wildman–Crippen LogP) is 0.0213. The summed E-state index contributed by atoms with van der Waals surface area (Å²) in [5.41, 5.74) is 4.73. The van der Waals surface area contributed by atoms with Gasteiger partial charge >= 0.3 is 6.03 Å². The van der Waals surface area contributed by atoms with Crippen LogP contribution >= 0.6 is 23.0 Å². The molecule has 0 aliphatic carbocycles. The third-order valence-corrected chi connectivity index (χ3v) is 0.919. The number of nitrogens with one attached hydrogen (secondary N) is 1. The summed E-state index contributed by atoms with van der Waals surface area (Å²) in [5.74, 6) is 0. The monoisotopic (exact) mass is 230 g/mol. The SMILES string of the molecule is NC(=O)NCCOI. The molecule has 0 aromatic rings. The molecule has 0 saturated heterocycles. The molecule has 5 heteroatoms. The lowest BCUT2D eigenvalue weighted by molar-refractivity contribution is 0.247. The Bertz CT molecular complexity index is 77.7. The Labute approximate surface area is 61.4 Å². The van der Waals surface area contributed by atoms with E-state index in [9.17, 15) is 4.79 Å². The van der Waals surface area contributed by atoms with Gasteiger partial charge in [-0.25, -0.2) is 4.79 Å². The van der Waals surface area contributed by atoms with Crippen LogP contribution in [0.4, 0.5) is 4.79 Å². The standard InChI is InChI=1S/C3H7IN2O2/c4-8-2-1-6-3(5)7/h1-2H2,(H3,5,6,7). The predicted molar refractivity (Wildman–Crippen MR) is 37.6 cm³/mol. The summed E-state index contributed by atoms with van der Waals surface area (Å²) in [6.45, 7) is 0.960. The molecule has 3 N–H and O–H groups in total. The molecule has 0 aliphatic heterocycles. The van der Waals surface area contributed by atoms with E-state index in [0.717, 1.165) is 0 Å². The van der Waals surface area contributed by atoms with Crippen molar-refractivity contribution < 1.29 is 7.86 Å². The van der Waals surface area contributed by atoms with Gasteiger partial charge in [0.2, 0.25) is 0 Å². The van der Waals surface area contributed by atoms with Crippen molar-refractivity contribution in [3.63, 3.8) is 0 Å². The normalized spacial score (nSPS) is 8.62. The fourth-order valence-corrected chi connectivity index (χ4v) is 0.433. The third kappa shape index (κ3) is 5.96. The summed E-state index contributed by atoms with van der Waals surface area (Å²) in [5, 5.41) is 2.36. The van der Waals surface area contributed by atoms with Gasteiger partial charge < -0.3 is 14.1 Å². The Morgan fingerprint density at radius 2 is 2.50 bits per heavy atom. The number of carbonyl (C=O) groups is 1. The molecule has 48 valence electrons. The molecule has 2 amide bonds. The molecule has 0 atom stereocenters. The highest BCUT2D eigenvalue weighted by Gasteiger charge is 1.87. The Morgan fingerprint density at radius 1 is 1.88 bits per heavy atom. The first-order valence-corrected chi connectivity index (χ1v) is 2.92. The summed E-state index contributed by atoms with van der Waals surface area (Å²) >= 11 is 1.74. The fraction of sp³-hybridized carbons (Fsp3) is 0.667. The Morgan fingerprint density at radius 3 is 2.88 bits per heavy atom. The van der Waals surface area contributed by atoms with Crippen LogP contribution in [0.2, 0.25) is 0 Å². The maximum Gasteiger partial charge on any atom is 0.312 e. The van der Waals surface area contributed by atoms with Crippen molar-refractivity contribution in [3.05, 3.63) is 0 Å². The van der Waals surface area contributed by atoms with Crippen molar-refractivity contribution in [1.82, 2.24) is 5.32 Å². The third-order valence-electron chi connectivity index (χ3n) is 0.478. The molecule has 0 bridgehead atoms. The smallest absolute Gasteiger partial charge is 0.312 e. The highest BCUT2D eigenvalue weighted by atomic mass is 127. The maximum atomic E-state index is 9.93. The van der Waals surface area contributed by atoms with Crippen LogP contribution in [0.1, 0.15) is 0 Å². The molecule has 0 fully saturated rings. The van der Waals surface area contributed by atoms with Gasteiger partial charge in [0.05, 0.1) is 6.61 Å². The van der Waals surface area contributed by atoms with Gasteiger partial charge in [0, 0.05) is 6.54 Å². The molecule has 8 heavy (non-hydrogen) atoms. The lowest BCUT2D eigenvalue weighted by Gasteiger charge is -1.95. The van der Waals surface area contributed by atoms with Crippen molar-refractivity contribution in [1.29, 1.82) is 0 Å². The van der Waals surface area contributed by atoms with E-state index in [-0.39, 0.29) is 0 Å². The van der Waals surface area contributed by atoms with Crippen LogP contribution in [0.25, 0.3) is 0 Å². The summed E-state index contributed by atoms with van der Waals surface area (Å²) in [6.07, 6.45) is 0. The Kier molecular flexibility index (Phi) is 5.08.